The van der Waals surface area contributed by atoms with Crippen LogP contribution >= 0.6 is 0 Å². The normalized spacial score (nSPS) is 24.1. The fourth-order valence-electron chi connectivity index (χ4n) is 2.74. The summed E-state index contributed by atoms with van der Waals surface area (Å²) in [4.78, 5) is 6.36. The summed E-state index contributed by atoms with van der Waals surface area (Å²) in [5, 5.41) is 0. The third-order valence-corrected chi connectivity index (χ3v) is 5.50. The Hall–Kier alpha value is -1.18. The number of sulfonamides is 1. The van der Waals surface area contributed by atoms with E-state index in [9.17, 15) is 8.42 Å². The molecule has 3 rings (SSSR count). The van der Waals surface area contributed by atoms with Gasteiger partial charge >= 0.3 is 0 Å². The minimum Gasteiger partial charge on any atom is -0.383 e. The summed E-state index contributed by atoms with van der Waals surface area (Å²) in [5.41, 5.74) is 5.62. The molecule has 0 aromatic carbocycles. The highest BCUT2D eigenvalue weighted by molar-refractivity contribution is 7.89. The molecule has 2 fully saturated rings. The Labute approximate surface area is 119 Å². The van der Waals surface area contributed by atoms with Gasteiger partial charge in [-0.3, -0.25) is 0 Å². The quantitative estimate of drug-likeness (QED) is 0.822. The van der Waals surface area contributed by atoms with Crippen LogP contribution in [-0.2, 0) is 10.0 Å². The lowest BCUT2D eigenvalue weighted by atomic mass is 10.1. The summed E-state index contributed by atoms with van der Waals surface area (Å²) < 4.78 is 27.0. The number of nitrogen functional groups attached to an aromatic ring is 1. The van der Waals surface area contributed by atoms with Gasteiger partial charge in [-0.05, 0) is 43.9 Å². The number of hydrogen-bond acceptors (Lipinski definition) is 5. The van der Waals surface area contributed by atoms with E-state index in [-0.39, 0.29) is 10.7 Å². The van der Waals surface area contributed by atoms with E-state index in [1.54, 1.807) is 6.07 Å². The van der Waals surface area contributed by atoms with Crippen molar-refractivity contribution in [1.29, 1.82) is 0 Å². The number of nitrogens with two attached hydrogens (primary N) is 1. The van der Waals surface area contributed by atoms with Crippen molar-refractivity contribution in [3.63, 3.8) is 0 Å². The van der Waals surface area contributed by atoms with E-state index in [1.165, 1.54) is 25.1 Å². The lowest BCUT2D eigenvalue weighted by molar-refractivity contribution is 0.314. The van der Waals surface area contributed by atoms with Crippen molar-refractivity contribution in [2.75, 3.05) is 25.4 Å². The van der Waals surface area contributed by atoms with Crippen LogP contribution in [-0.4, -0.2) is 44.0 Å². The van der Waals surface area contributed by atoms with Crippen molar-refractivity contribution in [1.82, 2.24) is 14.6 Å². The van der Waals surface area contributed by atoms with Crippen LogP contribution in [0.15, 0.2) is 23.2 Å². The molecule has 1 atom stereocenters. The summed E-state index contributed by atoms with van der Waals surface area (Å²) in [5.74, 6) is 0.439. The van der Waals surface area contributed by atoms with Crippen LogP contribution in [0.2, 0.25) is 0 Å². The van der Waals surface area contributed by atoms with Gasteiger partial charge in [0.2, 0.25) is 10.0 Å². The Morgan fingerprint density at radius 2 is 2.20 bits per heavy atom. The smallest absolute Gasteiger partial charge is 0.244 e. The molecule has 2 heterocycles. The van der Waals surface area contributed by atoms with Crippen molar-refractivity contribution in [3.8, 4) is 0 Å². The lowest BCUT2D eigenvalue weighted by Gasteiger charge is -2.15. The highest BCUT2D eigenvalue weighted by atomic mass is 32.2. The maximum absolute atomic E-state index is 12.2. The van der Waals surface area contributed by atoms with Crippen LogP contribution in [0.5, 0.6) is 0 Å². The van der Waals surface area contributed by atoms with Gasteiger partial charge in [0, 0.05) is 25.3 Å². The molecule has 1 aliphatic carbocycles. The topological polar surface area (TPSA) is 88.3 Å². The zero-order valence-electron chi connectivity index (χ0n) is 11.3. The predicted molar refractivity (Wildman–Crippen MR) is 76.5 cm³/mol. The zero-order chi connectivity index (χ0) is 14.2. The molecule has 1 saturated heterocycles. The second-order valence-corrected chi connectivity index (χ2v) is 7.35. The molecule has 1 unspecified atom stereocenters. The number of pyridine rings is 1. The van der Waals surface area contributed by atoms with Crippen LogP contribution in [0.25, 0.3) is 0 Å². The number of nitrogens with one attached hydrogen (secondary N) is 1. The second-order valence-electron chi connectivity index (χ2n) is 5.62. The van der Waals surface area contributed by atoms with Gasteiger partial charge in [0.1, 0.15) is 10.7 Å². The van der Waals surface area contributed by atoms with Crippen LogP contribution in [0, 0.1) is 5.92 Å². The van der Waals surface area contributed by atoms with Crippen LogP contribution in [0.3, 0.4) is 0 Å². The Kier molecular flexibility index (Phi) is 3.66. The predicted octanol–water partition coefficient (Wildman–Crippen LogP) is 0.426. The maximum Gasteiger partial charge on any atom is 0.244 e. The van der Waals surface area contributed by atoms with E-state index in [2.05, 4.69) is 14.6 Å². The van der Waals surface area contributed by atoms with Crippen molar-refractivity contribution >= 4 is 15.8 Å². The first-order valence-electron chi connectivity index (χ1n) is 7.00. The summed E-state index contributed by atoms with van der Waals surface area (Å²) in [6.45, 7) is 2.56. The molecule has 6 nitrogen and oxygen atoms in total. The maximum atomic E-state index is 12.2. The van der Waals surface area contributed by atoms with Crippen molar-refractivity contribution < 1.29 is 8.42 Å². The summed E-state index contributed by atoms with van der Waals surface area (Å²) in [6.07, 6.45) is 5.13. The SMILES string of the molecule is Nc1ncccc1S(=O)(=O)NCC1CCN(C2CC2)C1. The lowest BCUT2D eigenvalue weighted by Crippen LogP contribution is -2.32. The number of aromatic nitrogens is 1. The van der Waals surface area contributed by atoms with Gasteiger partial charge < -0.3 is 10.6 Å². The van der Waals surface area contributed by atoms with Crippen LogP contribution in [0.1, 0.15) is 19.3 Å². The summed E-state index contributed by atoms with van der Waals surface area (Å²) in [6, 6.07) is 3.82. The fraction of sp³-hybridized carbons (Fsp3) is 0.615. The fourth-order valence-corrected chi connectivity index (χ4v) is 3.93. The highest BCUT2D eigenvalue weighted by Crippen LogP contribution is 2.31. The molecule has 110 valence electrons. The standard InChI is InChI=1S/C13H20N4O2S/c14-13-12(2-1-6-15-13)20(18,19)16-8-10-5-7-17(9-10)11-3-4-11/h1-2,6,10-11,16H,3-5,7-9H2,(H2,14,15). The summed E-state index contributed by atoms with van der Waals surface area (Å²) >= 11 is 0. The average Bonchev–Trinajstić information content (AvgIpc) is 3.16. The Balaban J connectivity index is 1.59. The third kappa shape index (κ3) is 2.94. The van der Waals surface area contributed by atoms with Gasteiger partial charge in [0.05, 0.1) is 0 Å². The van der Waals surface area contributed by atoms with Crippen molar-refractivity contribution in [2.45, 2.75) is 30.2 Å². The van der Waals surface area contributed by atoms with Crippen LogP contribution < -0.4 is 10.5 Å². The molecule has 20 heavy (non-hydrogen) atoms. The molecule has 0 bridgehead atoms. The molecule has 1 aromatic heterocycles. The molecule has 7 heteroatoms. The van der Waals surface area contributed by atoms with E-state index in [0.717, 1.165) is 25.6 Å². The third-order valence-electron chi connectivity index (χ3n) is 4.03. The molecule has 0 amide bonds. The monoisotopic (exact) mass is 296 g/mol. The molecule has 1 aromatic rings. The van der Waals surface area contributed by atoms with Crippen molar-refractivity contribution in [2.24, 2.45) is 5.92 Å². The second kappa shape index (κ2) is 5.31. The van der Waals surface area contributed by atoms with Gasteiger partial charge in [-0.25, -0.2) is 18.1 Å². The molecule has 1 aliphatic heterocycles. The van der Waals surface area contributed by atoms with Gasteiger partial charge in [0.15, 0.2) is 0 Å². The van der Waals surface area contributed by atoms with E-state index in [4.69, 9.17) is 5.73 Å². The largest absolute Gasteiger partial charge is 0.383 e. The average molecular weight is 296 g/mol. The van der Waals surface area contributed by atoms with E-state index in [0.29, 0.717) is 12.5 Å². The number of likely N-dealkylation sites (tertiary alicyclic amines) is 1. The van der Waals surface area contributed by atoms with E-state index in [1.807, 2.05) is 0 Å². The van der Waals surface area contributed by atoms with E-state index >= 15 is 0 Å². The van der Waals surface area contributed by atoms with E-state index < -0.39 is 10.0 Å². The molecular formula is C13H20N4O2S. The number of rotatable bonds is 5. The number of hydrogen-bond donors (Lipinski definition) is 2. The first-order valence-corrected chi connectivity index (χ1v) is 8.49. The minimum absolute atomic E-state index is 0.0472. The number of nitrogens with zero attached hydrogens (tertiary/aromatic N) is 2. The minimum atomic E-state index is -3.56. The first-order chi connectivity index (χ1) is 9.56. The summed E-state index contributed by atoms with van der Waals surface area (Å²) in [7, 11) is -3.56. The highest BCUT2D eigenvalue weighted by Gasteiger charge is 2.34. The van der Waals surface area contributed by atoms with Crippen LogP contribution in [0.4, 0.5) is 5.82 Å². The van der Waals surface area contributed by atoms with Gasteiger partial charge in [-0.15, -0.1) is 0 Å². The van der Waals surface area contributed by atoms with Gasteiger partial charge in [0.25, 0.3) is 0 Å². The van der Waals surface area contributed by atoms with Crippen molar-refractivity contribution in [3.05, 3.63) is 18.3 Å². The molecule has 2 aliphatic rings. The zero-order valence-corrected chi connectivity index (χ0v) is 12.1. The molecule has 1 saturated carbocycles. The van der Waals surface area contributed by atoms with Gasteiger partial charge in [-0.1, -0.05) is 0 Å². The Morgan fingerprint density at radius 3 is 2.90 bits per heavy atom. The molecule has 0 radical (unpaired) electrons. The number of anilines is 1. The molecule has 3 N–H and O–H groups in total. The van der Waals surface area contributed by atoms with Gasteiger partial charge in [-0.2, -0.15) is 0 Å². The molecule has 0 spiro atoms. The Bertz CT molecular complexity index is 586. The Morgan fingerprint density at radius 1 is 1.40 bits per heavy atom. The molecular weight excluding hydrogens is 276 g/mol. The first kappa shape index (κ1) is 13.8.